The lowest BCUT2D eigenvalue weighted by molar-refractivity contribution is -0.111. The SMILES string of the molecule is CCCCCC(=O)SCCC[Si](OCCCC)(OCCCC)OCCCC. The molecule has 0 atom stereocenters. The molecule has 0 aromatic carbocycles. The molecule has 0 fully saturated rings. The Balaban J connectivity index is 4.53. The molecule has 0 radical (unpaired) electrons. The van der Waals surface area contributed by atoms with E-state index in [2.05, 4.69) is 27.7 Å². The Morgan fingerprint density at radius 3 is 1.63 bits per heavy atom. The van der Waals surface area contributed by atoms with Crippen LogP contribution in [0.3, 0.4) is 0 Å². The van der Waals surface area contributed by atoms with Crippen molar-refractivity contribution >= 4 is 25.7 Å². The highest BCUT2D eigenvalue weighted by Crippen LogP contribution is 2.22. The van der Waals surface area contributed by atoms with Gasteiger partial charge in [0.25, 0.3) is 0 Å². The lowest BCUT2D eigenvalue weighted by atomic mass is 10.2. The summed E-state index contributed by atoms with van der Waals surface area (Å²) in [5, 5.41) is 0.321. The highest BCUT2D eigenvalue weighted by molar-refractivity contribution is 8.13. The van der Waals surface area contributed by atoms with Crippen molar-refractivity contribution in [1.82, 2.24) is 0 Å². The molecule has 0 unspecified atom stereocenters. The van der Waals surface area contributed by atoms with Crippen molar-refractivity contribution in [2.24, 2.45) is 0 Å². The Labute approximate surface area is 173 Å². The maximum atomic E-state index is 12.0. The number of carbonyl (C=O) groups is 1. The van der Waals surface area contributed by atoms with Crippen LogP contribution in [0, 0.1) is 0 Å². The fourth-order valence-electron chi connectivity index (χ4n) is 2.52. The first kappa shape index (κ1) is 27.1. The van der Waals surface area contributed by atoms with E-state index in [9.17, 15) is 4.79 Å². The average Bonchev–Trinajstić information content (AvgIpc) is 2.66. The van der Waals surface area contributed by atoms with Crippen LogP contribution in [0.2, 0.25) is 6.04 Å². The maximum absolute atomic E-state index is 12.0. The number of unbranched alkanes of at least 4 members (excludes halogenated alkanes) is 5. The summed E-state index contributed by atoms with van der Waals surface area (Å²) in [7, 11) is -2.64. The van der Waals surface area contributed by atoms with E-state index < -0.39 is 8.80 Å². The largest absolute Gasteiger partial charge is 0.500 e. The molecule has 0 rings (SSSR count). The second-order valence-corrected chi connectivity index (χ2v) is 11.0. The van der Waals surface area contributed by atoms with Gasteiger partial charge in [-0.1, -0.05) is 71.6 Å². The van der Waals surface area contributed by atoms with Crippen LogP contribution in [0.15, 0.2) is 0 Å². The van der Waals surface area contributed by atoms with Gasteiger partial charge in [-0.15, -0.1) is 0 Å². The van der Waals surface area contributed by atoms with E-state index in [1.54, 1.807) is 0 Å². The highest BCUT2D eigenvalue weighted by atomic mass is 32.2. The third-order valence-electron chi connectivity index (χ3n) is 4.33. The minimum Gasteiger partial charge on any atom is -0.373 e. The van der Waals surface area contributed by atoms with Crippen molar-refractivity contribution in [2.45, 2.75) is 104 Å². The van der Waals surface area contributed by atoms with E-state index in [-0.39, 0.29) is 0 Å². The Bertz CT molecular complexity index is 316. The number of carbonyl (C=O) groups excluding carboxylic acids is 1. The summed E-state index contributed by atoms with van der Waals surface area (Å²) in [6, 6.07) is 0.819. The molecule has 0 spiro atoms. The van der Waals surface area contributed by atoms with Gasteiger partial charge in [-0.2, -0.15) is 0 Å². The number of hydrogen-bond donors (Lipinski definition) is 0. The van der Waals surface area contributed by atoms with E-state index in [4.69, 9.17) is 13.3 Å². The fraction of sp³-hybridized carbons (Fsp3) is 0.952. The number of rotatable bonds is 20. The average molecular weight is 421 g/mol. The summed E-state index contributed by atoms with van der Waals surface area (Å²) < 4.78 is 18.8. The molecule has 0 aromatic heterocycles. The first-order valence-corrected chi connectivity index (χ1v) is 14.1. The molecule has 0 aliphatic carbocycles. The molecule has 0 aliphatic heterocycles. The summed E-state index contributed by atoms with van der Waals surface area (Å²) in [4.78, 5) is 12.0. The Kier molecular flexibility index (Phi) is 19.5. The predicted molar refractivity (Wildman–Crippen MR) is 119 cm³/mol. The zero-order valence-corrected chi connectivity index (χ0v) is 20.2. The Hall–Kier alpha value is 0.117. The van der Waals surface area contributed by atoms with E-state index >= 15 is 0 Å². The molecule has 162 valence electrons. The normalized spacial score (nSPS) is 11.9. The van der Waals surface area contributed by atoms with Gasteiger partial charge >= 0.3 is 8.80 Å². The third kappa shape index (κ3) is 15.7. The van der Waals surface area contributed by atoms with E-state index in [0.717, 1.165) is 76.0 Å². The van der Waals surface area contributed by atoms with E-state index in [1.807, 2.05) is 0 Å². The molecule has 6 heteroatoms. The van der Waals surface area contributed by atoms with Crippen LogP contribution >= 0.6 is 11.8 Å². The fourth-order valence-corrected chi connectivity index (χ4v) is 6.24. The molecule has 0 N–H and O–H groups in total. The zero-order chi connectivity index (χ0) is 20.2. The number of hydrogen-bond acceptors (Lipinski definition) is 5. The van der Waals surface area contributed by atoms with Crippen LogP contribution < -0.4 is 0 Å². The van der Waals surface area contributed by atoms with Crippen LogP contribution in [-0.4, -0.2) is 39.5 Å². The van der Waals surface area contributed by atoms with Crippen molar-refractivity contribution in [3.05, 3.63) is 0 Å². The predicted octanol–water partition coefficient (Wildman–Crippen LogP) is 6.61. The molecule has 0 heterocycles. The van der Waals surface area contributed by atoms with Gasteiger partial charge in [0.2, 0.25) is 0 Å². The molecule has 0 amide bonds. The first-order chi connectivity index (χ1) is 13.1. The van der Waals surface area contributed by atoms with Gasteiger partial charge in [-0.3, -0.25) is 4.79 Å². The first-order valence-electron chi connectivity index (χ1n) is 11.2. The summed E-state index contributed by atoms with van der Waals surface area (Å²) in [5.74, 6) is 0.838. The Morgan fingerprint density at radius 1 is 0.704 bits per heavy atom. The topological polar surface area (TPSA) is 44.8 Å². The van der Waals surface area contributed by atoms with E-state index in [0.29, 0.717) is 31.4 Å². The van der Waals surface area contributed by atoms with Crippen molar-refractivity contribution < 1.29 is 18.1 Å². The summed E-state index contributed by atoms with van der Waals surface area (Å²) in [6.45, 7) is 10.8. The molecule has 4 nitrogen and oxygen atoms in total. The number of thioether (sulfide) groups is 1. The molecule has 0 aliphatic rings. The molecule has 0 bridgehead atoms. The molecular weight excluding hydrogens is 376 g/mol. The smallest absolute Gasteiger partial charge is 0.373 e. The third-order valence-corrected chi connectivity index (χ3v) is 8.25. The van der Waals surface area contributed by atoms with Crippen LogP contribution in [0.1, 0.15) is 98.3 Å². The van der Waals surface area contributed by atoms with Crippen LogP contribution in [-0.2, 0) is 18.1 Å². The van der Waals surface area contributed by atoms with E-state index in [1.165, 1.54) is 11.8 Å². The van der Waals surface area contributed by atoms with Crippen molar-refractivity contribution in [3.8, 4) is 0 Å². The lowest BCUT2D eigenvalue weighted by Crippen LogP contribution is -2.46. The molecule has 27 heavy (non-hydrogen) atoms. The standard InChI is InChI=1S/C21H44O4SSi/c1-5-9-13-15-21(22)26-19-14-20-27(23-16-10-6-2,24-17-11-7-3)25-18-12-8-4/h5-20H2,1-4H3. The van der Waals surface area contributed by atoms with Gasteiger partial charge in [0.1, 0.15) is 0 Å². The zero-order valence-electron chi connectivity index (χ0n) is 18.4. The van der Waals surface area contributed by atoms with Crippen molar-refractivity contribution in [3.63, 3.8) is 0 Å². The van der Waals surface area contributed by atoms with Gasteiger partial charge in [-0.25, -0.2) is 0 Å². The monoisotopic (exact) mass is 420 g/mol. The van der Waals surface area contributed by atoms with Gasteiger partial charge in [0.15, 0.2) is 5.12 Å². The lowest BCUT2D eigenvalue weighted by Gasteiger charge is -2.30. The Morgan fingerprint density at radius 2 is 1.19 bits per heavy atom. The second kappa shape index (κ2) is 19.4. The maximum Gasteiger partial charge on any atom is 0.500 e. The van der Waals surface area contributed by atoms with Crippen LogP contribution in [0.5, 0.6) is 0 Å². The van der Waals surface area contributed by atoms with Gasteiger partial charge in [-0.05, 0) is 32.1 Å². The van der Waals surface area contributed by atoms with Crippen LogP contribution in [0.25, 0.3) is 0 Å². The van der Waals surface area contributed by atoms with Gasteiger partial charge in [0, 0.05) is 38.0 Å². The summed E-state index contributed by atoms with van der Waals surface area (Å²) >= 11 is 1.47. The van der Waals surface area contributed by atoms with Crippen molar-refractivity contribution in [2.75, 3.05) is 25.6 Å². The minimum atomic E-state index is -2.64. The quantitative estimate of drug-likeness (QED) is 0.164. The summed E-state index contributed by atoms with van der Waals surface area (Å²) in [6.07, 6.45) is 11.4. The highest BCUT2D eigenvalue weighted by Gasteiger charge is 2.40. The van der Waals surface area contributed by atoms with Gasteiger partial charge in [0.05, 0.1) is 0 Å². The summed E-state index contributed by atoms with van der Waals surface area (Å²) in [5.41, 5.74) is 0. The minimum absolute atomic E-state index is 0.321. The van der Waals surface area contributed by atoms with Crippen LogP contribution in [0.4, 0.5) is 0 Å². The second-order valence-electron chi connectivity index (χ2n) is 7.07. The van der Waals surface area contributed by atoms with Crippen molar-refractivity contribution in [1.29, 1.82) is 0 Å². The molecule has 0 saturated carbocycles. The molecular formula is C21H44O4SSi. The van der Waals surface area contributed by atoms with Gasteiger partial charge < -0.3 is 13.3 Å². The molecule has 0 saturated heterocycles. The molecule has 0 aromatic rings.